The minimum Gasteiger partial charge on any atom is -0.293 e. The Kier molecular flexibility index (Phi) is 1.35. The van der Waals surface area contributed by atoms with E-state index in [-0.39, 0.29) is 0 Å². The van der Waals surface area contributed by atoms with Crippen LogP contribution in [0.2, 0.25) is 0 Å². The van der Waals surface area contributed by atoms with Gasteiger partial charge in [-0.3, -0.25) is 4.79 Å². The standard InChI is InChI=1S/C10H9IO/c11-8-4-7-5-1-2-6(3-5)9(7)10(8)12/h1-2,4-7,9H,3H2/t5-,6+,7-,9+/m0/s1. The van der Waals surface area contributed by atoms with E-state index in [1.165, 1.54) is 6.42 Å². The fraction of sp³-hybridized carbons (Fsp3) is 0.500. The number of ketones is 1. The molecule has 2 bridgehead atoms. The summed E-state index contributed by atoms with van der Waals surface area (Å²) in [5, 5.41) is 0. The van der Waals surface area contributed by atoms with Crippen LogP contribution in [0.1, 0.15) is 6.42 Å². The van der Waals surface area contributed by atoms with Crippen molar-refractivity contribution in [1.29, 1.82) is 0 Å². The summed E-state index contributed by atoms with van der Waals surface area (Å²) >= 11 is 2.18. The molecule has 0 amide bonds. The van der Waals surface area contributed by atoms with Crippen molar-refractivity contribution in [3.8, 4) is 0 Å². The summed E-state index contributed by atoms with van der Waals surface area (Å²) in [5.74, 6) is 2.52. The van der Waals surface area contributed by atoms with E-state index in [9.17, 15) is 4.79 Å². The molecule has 3 rings (SSSR count). The zero-order chi connectivity index (χ0) is 8.29. The minimum absolute atomic E-state index is 0.326. The van der Waals surface area contributed by atoms with Crippen molar-refractivity contribution in [2.45, 2.75) is 6.42 Å². The number of hydrogen-bond acceptors (Lipinski definition) is 1. The highest BCUT2D eigenvalue weighted by molar-refractivity contribution is 14.1. The normalized spacial score (nSPS) is 48.4. The average molecular weight is 272 g/mol. The highest BCUT2D eigenvalue weighted by Gasteiger charge is 2.50. The molecule has 0 unspecified atom stereocenters. The molecule has 3 aliphatic carbocycles. The monoisotopic (exact) mass is 272 g/mol. The van der Waals surface area contributed by atoms with Crippen molar-refractivity contribution in [1.82, 2.24) is 0 Å². The average Bonchev–Trinajstić information content (AvgIpc) is 2.66. The van der Waals surface area contributed by atoms with E-state index in [1.807, 2.05) is 0 Å². The molecule has 3 aliphatic rings. The van der Waals surface area contributed by atoms with E-state index >= 15 is 0 Å². The molecule has 0 aromatic carbocycles. The number of hydrogen-bond donors (Lipinski definition) is 0. The Labute approximate surface area is 85.1 Å². The third-order valence-electron chi connectivity index (χ3n) is 3.40. The van der Waals surface area contributed by atoms with Gasteiger partial charge in [0.2, 0.25) is 0 Å². The van der Waals surface area contributed by atoms with Gasteiger partial charge in [0.15, 0.2) is 5.78 Å². The fourth-order valence-corrected chi connectivity index (χ4v) is 3.64. The first kappa shape index (κ1) is 7.30. The first-order chi connectivity index (χ1) is 5.77. The van der Waals surface area contributed by atoms with E-state index in [0.717, 1.165) is 3.58 Å². The van der Waals surface area contributed by atoms with Crippen molar-refractivity contribution >= 4 is 28.4 Å². The van der Waals surface area contributed by atoms with Crippen LogP contribution < -0.4 is 0 Å². The Bertz CT molecular complexity index is 316. The van der Waals surface area contributed by atoms with Crippen LogP contribution in [-0.2, 0) is 4.79 Å². The zero-order valence-corrected chi connectivity index (χ0v) is 8.69. The molecule has 0 heterocycles. The second-order valence-corrected chi connectivity index (χ2v) is 5.09. The molecular formula is C10H9IO. The SMILES string of the molecule is O=C1C(I)=C[C@@H]2[C@H]1[C@@H]1C=C[C@H]2C1. The van der Waals surface area contributed by atoms with E-state index in [2.05, 4.69) is 40.8 Å². The van der Waals surface area contributed by atoms with Crippen molar-refractivity contribution in [2.75, 3.05) is 0 Å². The lowest BCUT2D eigenvalue weighted by atomic mass is 9.85. The molecule has 0 aliphatic heterocycles. The molecule has 0 saturated heterocycles. The van der Waals surface area contributed by atoms with Crippen LogP contribution in [0, 0.1) is 23.7 Å². The summed E-state index contributed by atoms with van der Waals surface area (Å²) in [6, 6.07) is 0. The molecule has 62 valence electrons. The van der Waals surface area contributed by atoms with Crippen LogP contribution in [0.15, 0.2) is 21.8 Å². The van der Waals surface area contributed by atoms with Crippen LogP contribution in [0.3, 0.4) is 0 Å². The van der Waals surface area contributed by atoms with Crippen LogP contribution in [0.25, 0.3) is 0 Å². The molecule has 1 saturated carbocycles. The van der Waals surface area contributed by atoms with Gasteiger partial charge in [0, 0.05) is 5.92 Å². The van der Waals surface area contributed by atoms with Gasteiger partial charge in [-0.25, -0.2) is 0 Å². The van der Waals surface area contributed by atoms with Crippen molar-refractivity contribution in [3.05, 3.63) is 21.8 Å². The predicted molar refractivity (Wildman–Crippen MR) is 54.8 cm³/mol. The van der Waals surface area contributed by atoms with E-state index in [0.29, 0.717) is 29.5 Å². The van der Waals surface area contributed by atoms with Gasteiger partial charge in [-0.05, 0) is 46.8 Å². The summed E-state index contributed by atoms with van der Waals surface area (Å²) in [7, 11) is 0. The third-order valence-corrected chi connectivity index (χ3v) is 4.29. The Balaban J connectivity index is 2.07. The Hall–Kier alpha value is -0.120. The van der Waals surface area contributed by atoms with Gasteiger partial charge in [0.1, 0.15) is 0 Å². The first-order valence-electron chi connectivity index (χ1n) is 4.37. The molecule has 0 spiro atoms. The van der Waals surface area contributed by atoms with Gasteiger partial charge in [-0.1, -0.05) is 18.2 Å². The molecule has 0 radical (unpaired) electrons. The highest BCUT2D eigenvalue weighted by Crippen LogP contribution is 2.53. The number of Topliss-reactive ketones (excluding diaryl/α,β-unsaturated/α-hetero) is 1. The smallest absolute Gasteiger partial charge is 0.172 e. The maximum absolute atomic E-state index is 11.7. The summed E-state index contributed by atoms with van der Waals surface area (Å²) < 4.78 is 0.973. The molecule has 12 heavy (non-hydrogen) atoms. The van der Waals surface area contributed by atoms with Crippen LogP contribution >= 0.6 is 22.6 Å². The molecule has 1 nitrogen and oxygen atoms in total. The predicted octanol–water partition coefficient (Wildman–Crippen LogP) is 2.33. The minimum atomic E-state index is 0.326. The van der Waals surface area contributed by atoms with Gasteiger partial charge in [0.05, 0.1) is 3.58 Å². The molecule has 1 fully saturated rings. The first-order valence-corrected chi connectivity index (χ1v) is 5.45. The van der Waals surface area contributed by atoms with Crippen LogP contribution in [-0.4, -0.2) is 5.78 Å². The van der Waals surface area contributed by atoms with E-state index in [4.69, 9.17) is 0 Å². The van der Waals surface area contributed by atoms with Crippen LogP contribution in [0.5, 0.6) is 0 Å². The maximum Gasteiger partial charge on any atom is 0.172 e. The van der Waals surface area contributed by atoms with Gasteiger partial charge in [-0.2, -0.15) is 0 Å². The molecule has 0 N–H and O–H groups in total. The van der Waals surface area contributed by atoms with Crippen molar-refractivity contribution < 1.29 is 4.79 Å². The Morgan fingerprint density at radius 2 is 2.08 bits per heavy atom. The number of rotatable bonds is 0. The maximum atomic E-state index is 11.7. The number of carbonyl (C=O) groups is 1. The molecule has 4 atom stereocenters. The lowest BCUT2D eigenvalue weighted by molar-refractivity contribution is -0.118. The second-order valence-electron chi connectivity index (χ2n) is 3.93. The molecule has 0 aromatic rings. The largest absolute Gasteiger partial charge is 0.293 e. The van der Waals surface area contributed by atoms with Crippen LogP contribution in [0.4, 0.5) is 0 Å². The number of fused-ring (bicyclic) bond motifs is 5. The summed E-state index contributed by atoms with van der Waals surface area (Å²) in [6.45, 7) is 0. The number of carbonyl (C=O) groups excluding carboxylic acids is 1. The summed E-state index contributed by atoms with van der Waals surface area (Å²) in [4.78, 5) is 11.7. The fourth-order valence-electron chi connectivity index (χ4n) is 2.87. The van der Waals surface area contributed by atoms with Gasteiger partial charge >= 0.3 is 0 Å². The summed E-state index contributed by atoms with van der Waals surface area (Å²) in [5.41, 5.74) is 0. The molecule has 2 heteroatoms. The number of allylic oxidation sites excluding steroid dienone is 4. The topological polar surface area (TPSA) is 17.1 Å². The Morgan fingerprint density at radius 1 is 1.33 bits per heavy atom. The quantitative estimate of drug-likeness (QED) is 0.488. The zero-order valence-electron chi connectivity index (χ0n) is 6.53. The van der Waals surface area contributed by atoms with E-state index in [1.54, 1.807) is 0 Å². The van der Waals surface area contributed by atoms with Gasteiger partial charge in [0.25, 0.3) is 0 Å². The lowest BCUT2D eigenvalue weighted by Gasteiger charge is -2.17. The van der Waals surface area contributed by atoms with Gasteiger partial charge in [-0.15, -0.1) is 0 Å². The molecule has 0 aromatic heterocycles. The second kappa shape index (κ2) is 2.22. The highest BCUT2D eigenvalue weighted by atomic mass is 127. The Morgan fingerprint density at radius 3 is 2.83 bits per heavy atom. The van der Waals surface area contributed by atoms with Crippen molar-refractivity contribution in [2.24, 2.45) is 23.7 Å². The summed E-state index contributed by atoms with van der Waals surface area (Å²) in [6.07, 6.45) is 7.95. The van der Waals surface area contributed by atoms with Gasteiger partial charge < -0.3 is 0 Å². The van der Waals surface area contributed by atoms with Crippen molar-refractivity contribution in [3.63, 3.8) is 0 Å². The third kappa shape index (κ3) is 0.721. The van der Waals surface area contributed by atoms with E-state index < -0.39 is 0 Å². The lowest BCUT2D eigenvalue weighted by Crippen LogP contribution is -2.20. The number of halogens is 1. The molecular weight excluding hydrogens is 263 g/mol.